The fraction of sp³-hybridized carbons (Fsp3) is 0.250. The van der Waals surface area contributed by atoms with Gasteiger partial charge >= 0.3 is 0 Å². The fourth-order valence-electron chi connectivity index (χ4n) is 0.883. The Morgan fingerprint density at radius 2 is 2.45 bits per heavy atom. The average Bonchev–Trinajstić information content (AvgIpc) is 2.47. The number of rotatable bonds is 3. The predicted octanol–water partition coefficient (Wildman–Crippen LogP) is 0.787. The zero-order valence-electron chi connectivity index (χ0n) is 6.16. The molecule has 0 aliphatic heterocycles. The maximum Gasteiger partial charge on any atom is 0.132 e. The summed E-state index contributed by atoms with van der Waals surface area (Å²) in [5.74, 6) is 0.614. The molecule has 1 rings (SSSR count). The smallest absolute Gasteiger partial charge is 0.132 e. The Morgan fingerprint density at radius 3 is 3.09 bits per heavy atom. The van der Waals surface area contributed by atoms with E-state index in [1.165, 1.54) is 6.20 Å². The Balaban J connectivity index is 2.68. The van der Waals surface area contributed by atoms with Gasteiger partial charge < -0.3 is 15.3 Å². The minimum absolute atomic E-state index is 0.0548. The van der Waals surface area contributed by atoms with Crippen molar-refractivity contribution in [2.24, 2.45) is 5.73 Å². The van der Waals surface area contributed by atoms with Gasteiger partial charge in [-0.3, -0.25) is 0 Å². The second-order valence-corrected chi connectivity index (χ2v) is 2.16. The molecule has 0 unspecified atom stereocenters. The van der Waals surface area contributed by atoms with Gasteiger partial charge in [-0.15, -0.1) is 0 Å². The van der Waals surface area contributed by atoms with Gasteiger partial charge in [0.1, 0.15) is 12.4 Å². The van der Waals surface area contributed by atoms with Crippen LogP contribution in [0.2, 0.25) is 0 Å². The Labute approximate surface area is 65.1 Å². The summed E-state index contributed by atoms with van der Waals surface area (Å²) in [4.78, 5) is 0. The first-order valence-electron chi connectivity index (χ1n) is 3.41. The minimum Gasteiger partial charge on any atom is -0.467 e. The van der Waals surface area contributed by atoms with Crippen molar-refractivity contribution in [2.75, 3.05) is 0 Å². The van der Waals surface area contributed by atoms with Crippen LogP contribution in [0.3, 0.4) is 0 Å². The number of furan rings is 1. The number of aliphatic hydroxyl groups excluding tert-OH is 1. The zero-order chi connectivity index (χ0) is 8.10. The predicted molar refractivity (Wildman–Crippen MR) is 41.7 cm³/mol. The van der Waals surface area contributed by atoms with E-state index < -0.39 is 0 Å². The van der Waals surface area contributed by atoms with Gasteiger partial charge in [0.25, 0.3) is 0 Å². The van der Waals surface area contributed by atoms with E-state index in [2.05, 4.69) is 0 Å². The molecule has 0 saturated heterocycles. The topological polar surface area (TPSA) is 59.4 Å². The molecule has 0 bridgehead atoms. The molecule has 60 valence electrons. The molecule has 0 amide bonds. The summed E-state index contributed by atoms with van der Waals surface area (Å²) >= 11 is 0. The molecule has 0 aliphatic rings. The monoisotopic (exact) mass is 153 g/mol. The average molecular weight is 153 g/mol. The molecule has 0 radical (unpaired) electrons. The van der Waals surface area contributed by atoms with Crippen LogP contribution in [0.4, 0.5) is 0 Å². The molecule has 1 aromatic rings. The number of hydrogen-bond acceptors (Lipinski definition) is 3. The summed E-state index contributed by atoms with van der Waals surface area (Å²) in [7, 11) is 0. The van der Waals surface area contributed by atoms with Crippen molar-refractivity contribution in [3.8, 4) is 0 Å². The normalized spacial score (nSPS) is 11.0. The van der Waals surface area contributed by atoms with Crippen molar-refractivity contribution in [3.05, 3.63) is 35.9 Å². The summed E-state index contributed by atoms with van der Waals surface area (Å²) in [5, 5.41) is 8.76. The third-order valence-electron chi connectivity index (χ3n) is 1.46. The van der Waals surface area contributed by atoms with E-state index in [-0.39, 0.29) is 6.61 Å². The summed E-state index contributed by atoms with van der Waals surface area (Å²) < 4.78 is 4.99. The van der Waals surface area contributed by atoms with Crippen LogP contribution in [0, 0.1) is 0 Å². The molecule has 3 nitrogen and oxygen atoms in total. The summed E-state index contributed by atoms with van der Waals surface area (Å²) in [5.41, 5.74) is 6.14. The highest BCUT2D eigenvalue weighted by Crippen LogP contribution is 2.10. The minimum atomic E-state index is -0.0548. The largest absolute Gasteiger partial charge is 0.467 e. The first kappa shape index (κ1) is 7.88. The zero-order valence-corrected chi connectivity index (χ0v) is 6.16. The first-order chi connectivity index (χ1) is 5.38. The van der Waals surface area contributed by atoms with Crippen molar-refractivity contribution >= 4 is 0 Å². The van der Waals surface area contributed by atoms with Gasteiger partial charge in [-0.1, -0.05) is 6.08 Å². The molecular formula is C8H11NO2. The highest BCUT2D eigenvalue weighted by Gasteiger charge is 2.01. The Hall–Kier alpha value is -1.22. The summed E-state index contributed by atoms with van der Waals surface area (Å²) in [6.07, 6.45) is 5.56. The van der Waals surface area contributed by atoms with Crippen LogP contribution in [-0.2, 0) is 13.0 Å². The molecule has 0 saturated carbocycles. The van der Waals surface area contributed by atoms with Crippen molar-refractivity contribution < 1.29 is 9.52 Å². The highest BCUT2D eigenvalue weighted by atomic mass is 16.4. The van der Waals surface area contributed by atoms with E-state index in [0.29, 0.717) is 12.2 Å². The van der Waals surface area contributed by atoms with Gasteiger partial charge in [0, 0.05) is 0 Å². The van der Waals surface area contributed by atoms with Crippen LogP contribution in [0.1, 0.15) is 11.3 Å². The number of hydrogen-bond donors (Lipinski definition) is 2. The van der Waals surface area contributed by atoms with E-state index in [1.54, 1.807) is 6.26 Å². The van der Waals surface area contributed by atoms with Crippen LogP contribution < -0.4 is 5.73 Å². The van der Waals surface area contributed by atoms with E-state index in [9.17, 15) is 0 Å². The van der Waals surface area contributed by atoms with Crippen molar-refractivity contribution in [3.63, 3.8) is 0 Å². The number of nitrogens with two attached hydrogens (primary N) is 1. The van der Waals surface area contributed by atoms with Crippen LogP contribution in [-0.4, -0.2) is 5.11 Å². The van der Waals surface area contributed by atoms with Gasteiger partial charge in [-0.05, 0) is 24.3 Å². The lowest BCUT2D eigenvalue weighted by atomic mass is 10.2. The first-order valence-corrected chi connectivity index (χ1v) is 3.41. The Bertz CT molecular complexity index is 240. The summed E-state index contributed by atoms with van der Waals surface area (Å²) in [6, 6.07) is 1.82. The maximum atomic E-state index is 8.76. The van der Waals surface area contributed by atoms with Gasteiger partial charge in [0.2, 0.25) is 0 Å². The molecule has 3 heteroatoms. The molecule has 3 N–H and O–H groups in total. The molecule has 1 aromatic heterocycles. The second kappa shape index (κ2) is 3.83. The standard InChI is InChI=1S/C8H11NO2/c9-4-1-2-7-3-5-11-8(7)6-10/h1,3-5,10H,2,6,9H2. The number of allylic oxidation sites excluding steroid dienone is 1. The molecule has 0 fully saturated rings. The molecule has 1 heterocycles. The third kappa shape index (κ3) is 1.85. The number of aliphatic hydroxyl groups is 1. The van der Waals surface area contributed by atoms with Gasteiger partial charge in [-0.25, -0.2) is 0 Å². The molecule has 11 heavy (non-hydrogen) atoms. The van der Waals surface area contributed by atoms with Gasteiger partial charge in [-0.2, -0.15) is 0 Å². The third-order valence-corrected chi connectivity index (χ3v) is 1.46. The van der Waals surface area contributed by atoms with Gasteiger partial charge in [0.15, 0.2) is 0 Å². The quantitative estimate of drug-likeness (QED) is 0.674. The van der Waals surface area contributed by atoms with Gasteiger partial charge in [0.05, 0.1) is 6.26 Å². The lowest BCUT2D eigenvalue weighted by Crippen LogP contribution is -1.87. The van der Waals surface area contributed by atoms with E-state index in [1.807, 2.05) is 12.1 Å². The van der Waals surface area contributed by atoms with Crippen LogP contribution >= 0.6 is 0 Å². The lowest BCUT2D eigenvalue weighted by molar-refractivity contribution is 0.246. The Kier molecular flexibility index (Phi) is 2.74. The van der Waals surface area contributed by atoms with Crippen LogP contribution in [0.15, 0.2) is 29.0 Å². The molecule has 0 atom stereocenters. The van der Waals surface area contributed by atoms with E-state index in [0.717, 1.165) is 5.56 Å². The highest BCUT2D eigenvalue weighted by molar-refractivity contribution is 5.19. The fourth-order valence-corrected chi connectivity index (χ4v) is 0.883. The maximum absolute atomic E-state index is 8.76. The SMILES string of the molecule is NC=CCc1ccoc1CO. The van der Waals surface area contributed by atoms with Crippen molar-refractivity contribution in [2.45, 2.75) is 13.0 Å². The molecule has 0 aliphatic carbocycles. The molecule has 0 aromatic carbocycles. The summed E-state index contributed by atoms with van der Waals surface area (Å²) in [6.45, 7) is -0.0548. The molecular weight excluding hydrogens is 142 g/mol. The Morgan fingerprint density at radius 1 is 1.64 bits per heavy atom. The van der Waals surface area contributed by atoms with E-state index in [4.69, 9.17) is 15.3 Å². The van der Waals surface area contributed by atoms with Crippen molar-refractivity contribution in [1.29, 1.82) is 0 Å². The molecule has 0 spiro atoms. The lowest BCUT2D eigenvalue weighted by Gasteiger charge is -1.92. The van der Waals surface area contributed by atoms with Crippen LogP contribution in [0.25, 0.3) is 0 Å². The second-order valence-electron chi connectivity index (χ2n) is 2.16. The van der Waals surface area contributed by atoms with Crippen LogP contribution in [0.5, 0.6) is 0 Å². The van der Waals surface area contributed by atoms with Crippen molar-refractivity contribution in [1.82, 2.24) is 0 Å². The van der Waals surface area contributed by atoms with E-state index >= 15 is 0 Å².